The summed E-state index contributed by atoms with van der Waals surface area (Å²) in [5.74, 6) is 1.55. The van der Waals surface area contributed by atoms with Gasteiger partial charge in [-0.1, -0.05) is 54.6 Å². The van der Waals surface area contributed by atoms with Gasteiger partial charge in [-0.2, -0.15) is 0 Å². The summed E-state index contributed by atoms with van der Waals surface area (Å²) >= 11 is 1.74. The fourth-order valence-electron chi connectivity index (χ4n) is 2.44. The number of aryl methyl sites for hydroxylation is 2. The van der Waals surface area contributed by atoms with Gasteiger partial charge in [-0.25, -0.2) is 4.98 Å². The second kappa shape index (κ2) is 7.54. The van der Waals surface area contributed by atoms with Crippen LogP contribution in [0.2, 0.25) is 0 Å². The SMILES string of the molecule is CCc1nc(-c2ccc(C)cc2)oc1C=C(C)Sc1ccccc1. The van der Waals surface area contributed by atoms with Gasteiger partial charge in [0.1, 0.15) is 0 Å². The third-order valence-electron chi connectivity index (χ3n) is 3.72. The van der Waals surface area contributed by atoms with Crippen molar-refractivity contribution in [2.75, 3.05) is 0 Å². The Hall–Kier alpha value is -2.26. The average Bonchev–Trinajstić information content (AvgIpc) is 2.99. The second-order valence-electron chi connectivity index (χ2n) is 5.72. The zero-order chi connectivity index (χ0) is 16.9. The Morgan fingerprint density at radius 1 is 1.08 bits per heavy atom. The van der Waals surface area contributed by atoms with E-state index in [1.165, 1.54) is 15.4 Å². The van der Waals surface area contributed by atoms with Gasteiger partial charge in [0.2, 0.25) is 5.89 Å². The first-order valence-corrected chi connectivity index (χ1v) is 8.95. The van der Waals surface area contributed by atoms with Crippen LogP contribution in [0, 0.1) is 6.92 Å². The van der Waals surface area contributed by atoms with E-state index in [-0.39, 0.29) is 0 Å². The maximum Gasteiger partial charge on any atom is 0.226 e. The summed E-state index contributed by atoms with van der Waals surface area (Å²) in [6.45, 7) is 6.29. The molecule has 0 aliphatic rings. The lowest BCUT2D eigenvalue weighted by Gasteiger charge is -2.01. The van der Waals surface area contributed by atoms with Crippen molar-refractivity contribution in [3.8, 4) is 11.5 Å². The molecular formula is C21H21NOS. The molecule has 0 atom stereocenters. The van der Waals surface area contributed by atoms with Crippen LogP contribution in [-0.2, 0) is 6.42 Å². The molecule has 2 aromatic carbocycles. The molecule has 0 aliphatic heterocycles. The Morgan fingerprint density at radius 2 is 1.79 bits per heavy atom. The van der Waals surface area contributed by atoms with Gasteiger partial charge >= 0.3 is 0 Å². The maximum absolute atomic E-state index is 6.04. The Morgan fingerprint density at radius 3 is 2.46 bits per heavy atom. The molecule has 0 aliphatic carbocycles. The standard InChI is InChI=1S/C21H21NOS/c1-4-19-20(14-16(3)24-18-8-6-5-7-9-18)23-21(22-19)17-12-10-15(2)11-13-17/h5-14H,4H2,1-3H3. The predicted molar refractivity (Wildman–Crippen MR) is 102 cm³/mol. The number of hydrogen-bond acceptors (Lipinski definition) is 3. The molecule has 0 saturated carbocycles. The Bertz CT molecular complexity index is 832. The quantitative estimate of drug-likeness (QED) is 0.507. The Balaban J connectivity index is 1.87. The molecule has 1 heterocycles. The van der Waals surface area contributed by atoms with Crippen molar-refractivity contribution < 1.29 is 4.42 Å². The Labute approximate surface area is 147 Å². The zero-order valence-electron chi connectivity index (χ0n) is 14.2. The van der Waals surface area contributed by atoms with Crippen molar-refractivity contribution in [2.45, 2.75) is 32.1 Å². The van der Waals surface area contributed by atoms with Crippen molar-refractivity contribution in [1.82, 2.24) is 4.98 Å². The predicted octanol–water partition coefficient (Wildman–Crippen LogP) is 6.37. The van der Waals surface area contributed by atoms with Gasteiger partial charge in [-0.05, 0) is 55.5 Å². The Kier molecular flexibility index (Phi) is 5.21. The van der Waals surface area contributed by atoms with Gasteiger partial charge in [0.25, 0.3) is 0 Å². The van der Waals surface area contributed by atoms with E-state index in [1.807, 2.05) is 6.07 Å². The van der Waals surface area contributed by atoms with Gasteiger partial charge < -0.3 is 4.42 Å². The van der Waals surface area contributed by atoms with Crippen molar-refractivity contribution >= 4 is 17.8 Å². The molecule has 0 bridgehead atoms. The van der Waals surface area contributed by atoms with E-state index in [0.717, 1.165) is 23.4 Å². The van der Waals surface area contributed by atoms with Crippen LogP contribution in [0.25, 0.3) is 17.5 Å². The summed E-state index contributed by atoms with van der Waals surface area (Å²) in [6, 6.07) is 18.6. The summed E-state index contributed by atoms with van der Waals surface area (Å²) in [5, 5.41) is 0. The molecule has 0 saturated heterocycles. The summed E-state index contributed by atoms with van der Waals surface area (Å²) < 4.78 is 6.04. The summed E-state index contributed by atoms with van der Waals surface area (Å²) in [5.41, 5.74) is 3.25. The first-order chi connectivity index (χ1) is 11.7. The van der Waals surface area contributed by atoms with Crippen LogP contribution in [0.15, 0.2) is 68.8 Å². The molecule has 0 radical (unpaired) electrons. The average molecular weight is 335 g/mol. The van der Waals surface area contributed by atoms with E-state index in [2.05, 4.69) is 80.4 Å². The van der Waals surface area contributed by atoms with E-state index >= 15 is 0 Å². The van der Waals surface area contributed by atoms with Crippen LogP contribution in [-0.4, -0.2) is 4.98 Å². The molecule has 2 nitrogen and oxygen atoms in total. The third-order valence-corrected chi connectivity index (χ3v) is 4.67. The minimum Gasteiger partial charge on any atom is -0.436 e. The van der Waals surface area contributed by atoms with Crippen LogP contribution in [0.5, 0.6) is 0 Å². The van der Waals surface area contributed by atoms with Gasteiger partial charge in [0.05, 0.1) is 5.69 Å². The van der Waals surface area contributed by atoms with Crippen LogP contribution < -0.4 is 0 Å². The van der Waals surface area contributed by atoms with Crippen LogP contribution >= 0.6 is 11.8 Å². The minimum absolute atomic E-state index is 0.690. The molecule has 24 heavy (non-hydrogen) atoms. The number of aromatic nitrogens is 1. The topological polar surface area (TPSA) is 26.0 Å². The minimum atomic E-state index is 0.690. The van der Waals surface area contributed by atoms with Crippen molar-refractivity contribution in [3.63, 3.8) is 0 Å². The normalized spacial score (nSPS) is 11.7. The molecule has 3 rings (SSSR count). The number of oxazole rings is 1. The fourth-order valence-corrected chi connectivity index (χ4v) is 3.27. The van der Waals surface area contributed by atoms with Gasteiger partial charge in [-0.3, -0.25) is 0 Å². The third kappa shape index (κ3) is 3.98. The van der Waals surface area contributed by atoms with Crippen LogP contribution in [0.4, 0.5) is 0 Å². The van der Waals surface area contributed by atoms with Crippen molar-refractivity contribution in [3.05, 3.63) is 76.5 Å². The largest absolute Gasteiger partial charge is 0.436 e. The fraction of sp³-hybridized carbons (Fsp3) is 0.190. The lowest BCUT2D eigenvalue weighted by atomic mass is 10.1. The first-order valence-electron chi connectivity index (χ1n) is 8.13. The molecular weight excluding hydrogens is 314 g/mol. The first kappa shape index (κ1) is 16.6. The molecule has 3 aromatic rings. The molecule has 0 N–H and O–H groups in total. The smallest absolute Gasteiger partial charge is 0.226 e. The lowest BCUT2D eigenvalue weighted by Crippen LogP contribution is -1.84. The molecule has 1 aromatic heterocycles. The zero-order valence-corrected chi connectivity index (χ0v) is 15.1. The van der Waals surface area contributed by atoms with Crippen LogP contribution in [0.1, 0.15) is 30.9 Å². The number of allylic oxidation sites excluding steroid dienone is 1. The van der Waals surface area contributed by atoms with Crippen molar-refractivity contribution in [2.24, 2.45) is 0 Å². The van der Waals surface area contributed by atoms with E-state index in [4.69, 9.17) is 4.42 Å². The molecule has 0 amide bonds. The van der Waals surface area contributed by atoms with E-state index in [1.54, 1.807) is 11.8 Å². The number of rotatable bonds is 5. The summed E-state index contributed by atoms with van der Waals surface area (Å²) in [6.07, 6.45) is 2.94. The summed E-state index contributed by atoms with van der Waals surface area (Å²) in [7, 11) is 0. The monoisotopic (exact) mass is 335 g/mol. The number of nitrogens with zero attached hydrogens (tertiary/aromatic N) is 1. The molecule has 0 spiro atoms. The summed E-state index contributed by atoms with van der Waals surface area (Å²) in [4.78, 5) is 7.08. The van der Waals surface area contributed by atoms with E-state index < -0.39 is 0 Å². The van der Waals surface area contributed by atoms with E-state index in [0.29, 0.717) is 5.89 Å². The maximum atomic E-state index is 6.04. The highest BCUT2D eigenvalue weighted by atomic mass is 32.2. The van der Waals surface area contributed by atoms with Gasteiger partial charge in [0, 0.05) is 10.5 Å². The van der Waals surface area contributed by atoms with Crippen molar-refractivity contribution in [1.29, 1.82) is 0 Å². The molecule has 3 heteroatoms. The highest BCUT2D eigenvalue weighted by molar-refractivity contribution is 8.03. The highest BCUT2D eigenvalue weighted by Crippen LogP contribution is 2.30. The highest BCUT2D eigenvalue weighted by Gasteiger charge is 2.12. The van der Waals surface area contributed by atoms with Crippen LogP contribution in [0.3, 0.4) is 0 Å². The molecule has 0 unspecified atom stereocenters. The lowest BCUT2D eigenvalue weighted by molar-refractivity contribution is 0.562. The van der Waals surface area contributed by atoms with E-state index in [9.17, 15) is 0 Å². The number of hydrogen-bond donors (Lipinski definition) is 0. The molecule has 0 fully saturated rings. The number of benzene rings is 2. The second-order valence-corrected chi connectivity index (χ2v) is 7.04. The van der Waals surface area contributed by atoms with Gasteiger partial charge in [0.15, 0.2) is 5.76 Å². The molecule has 122 valence electrons. The van der Waals surface area contributed by atoms with Gasteiger partial charge in [-0.15, -0.1) is 0 Å². The number of thioether (sulfide) groups is 1.